The summed E-state index contributed by atoms with van der Waals surface area (Å²) < 4.78 is 0. The molecular weight excluding hydrogens is 318 g/mol. The van der Waals surface area contributed by atoms with Crippen molar-refractivity contribution in [3.63, 3.8) is 0 Å². The minimum atomic E-state index is 0.486. The van der Waals surface area contributed by atoms with Crippen LogP contribution in [-0.4, -0.2) is 18.3 Å². The Bertz CT molecular complexity index is 553. The number of benzene rings is 1. The number of hydrogen-bond donors (Lipinski definition) is 1. The van der Waals surface area contributed by atoms with Crippen molar-refractivity contribution in [2.24, 2.45) is 0 Å². The highest BCUT2D eigenvalue weighted by Crippen LogP contribution is 2.28. The van der Waals surface area contributed by atoms with Crippen molar-refractivity contribution in [2.45, 2.75) is 37.6 Å². The molecular formula is C17H22ClNS2. The minimum Gasteiger partial charge on any atom is -0.313 e. The number of thiophene rings is 1. The van der Waals surface area contributed by atoms with Crippen LogP contribution in [0.4, 0.5) is 0 Å². The van der Waals surface area contributed by atoms with Crippen molar-refractivity contribution < 1.29 is 0 Å². The molecule has 2 aromatic rings. The van der Waals surface area contributed by atoms with Crippen LogP contribution in [0, 0.1) is 0 Å². The van der Waals surface area contributed by atoms with Gasteiger partial charge in [-0.1, -0.05) is 37.6 Å². The van der Waals surface area contributed by atoms with Crippen molar-refractivity contribution in [2.75, 3.05) is 12.3 Å². The molecule has 0 aliphatic rings. The van der Waals surface area contributed by atoms with Gasteiger partial charge in [0.15, 0.2) is 0 Å². The number of halogens is 1. The molecule has 0 aliphatic carbocycles. The Morgan fingerprint density at radius 1 is 1.14 bits per heavy atom. The first-order valence-corrected chi connectivity index (χ1v) is 9.59. The second-order valence-corrected chi connectivity index (χ2v) is 7.64. The van der Waals surface area contributed by atoms with Crippen molar-refractivity contribution in [1.29, 1.82) is 0 Å². The predicted molar refractivity (Wildman–Crippen MR) is 97.0 cm³/mol. The molecule has 1 N–H and O–H groups in total. The molecule has 0 aliphatic heterocycles. The van der Waals surface area contributed by atoms with Gasteiger partial charge in [-0.15, -0.1) is 23.1 Å². The van der Waals surface area contributed by atoms with E-state index in [9.17, 15) is 0 Å². The molecule has 1 aromatic heterocycles. The zero-order chi connectivity index (χ0) is 15.1. The highest BCUT2D eigenvalue weighted by Gasteiger charge is 2.11. The van der Waals surface area contributed by atoms with E-state index in [0.29, 0.717) is 6.04 Å². The van der Waals surface area contributed by atoms with E-state index in [0.717, 1.165) is 30.2 Å². The zero-order valence-electron chi connectivity index (χ0n) is 12.6. The minimum absolute atomic E-state index is 0.486. The molecule has 0 bridgehead atoms. The molecule has 1 atom stereocenters. The van der Waals surface area contributed by atoms with Gasteiger partial charge in [-0.05, 0) is 43.7 Å². The van der Waals surface area contributed by atoms with Gasteiger partial charge in [-0.2, -0.15) is 0 Å². The van der Waals surface area contributed by atoms with Gasteiger partial charge in [0.2, 0.25) is 0 Å². The monoisotopic (exact) mass is 339 g/mol. The second kappa shape index (κ2) is 8.84. The second-order valence-electron chi connectivity index (χ2n) is 4.92. The number of thioether (sulfide) groups is 1. The van der Waals surface area contributed by atoms with Gasteiger partial charge in [0.25, 0.3) is 0 Å². The summed E-state index contributed by atoms with van der Waals surface area (Å²) in [7, 11) is 0. The SMILES string of the molecule is CCNC(CSc1ccccc1Cl)Cc1ccc(CC)s1. The fourth-order valence-electron chi connectivity index (χ4n) is 2.20. The van der Waals surface area contributed by atoms with Crippen molar-refractivity contribution >= 4 is 34.7 Å². The lowest BCUT2D eigenvalue weighted by atomic mass is 10.2. The van der Waals surface area contributed by atoms with Crippen LogP contribution in [0.25, 0.3) is 0 Å². The maximum atomic E-state index is 6.23. The molecule has 1 aromatic carbocycles. The normalized spacial score (nSPS) is 12.5. The molecule has 0 radical (unpaired) electrons. The van der Waals surface area contributed by atoms with Crippen molar-refractivity contribution in [3.05, 3.63) is 51.2 Å². The summed E-state index contributed by atoms with van der Waals surface area (Å²) in [6.07, 6.45) is 2.22. The Labute approximate surface area is 141 Å². The van der Waals surface area contributed by atoms with Crippen molar-refractivity contribution in [1.82, 2.24) is 5.32 Å². The van der Waals surface area contributed by atoms with Gasteiger partial charge < -0.3 is 5.32 Å². The van der Waals surface area contributed by atoms with Crippen molar-refractivity contribution in [3.8, 4) is 0 Å². The van der Waals surface area contributed by atoms with Crippen LogP contribution in [0.1, 0.15) is 23.6 Å². The maximum absolute atomic E-state index is 6.23. The Kier molecular flexibility index (Phi) is 7.11. The van der Waals surface area contributed by atoms with E-state index < -0.39 is 0 Å². The van der Waals surface area contributed by atoms with Gasteiger partial charge >= 0.3 is 0 Å². The third-order valence-electron chi connectivity index (χ3n) is 3.28. The number of aryl methyl sites for hydroxylation is 1. The van der Waals surface area contributed by atoms with Crippen LogP contribution in [0.2, 0.25) is 5.02 Å². The summed E-state index contributed by atoms with van der Waals surface area (Å²) >= 11 is 10.0. The maximum Gasteiger partial charge on any atom is 0.0541 e. The number of nitrogens with one attached hydrogen (secondary N) is 1. The summed E-state index contributed by atoms with van der Waals surface area (Å²) in [5.41, 5.74) is 0. The third kappa shape index (κ3) is 5.33. The van der Waals surface area contributed by atoms with E-state index >= 15 is 0 Å². The topological polar surface area (TPSA) is 12.0 Å². The smallest absolute Gasteiger partial charge is 0.0541 e. The van der Waals surface area contributed by atoms with E-state index in [1.54, 1.807) is 0 Å². The number of hydrogen-bond acceptors (Lipinski definition) is 3. The first-order chi connectivity index (χ1) is 10.2. The largest absolute Gasteiger partial charge is 0.313 e. The average Bonchev–Trinajstić information content (AvgIpc) is 2.94. The lowest BCUT2D eigenvalue weighted by Gasteiger charge is -2.17. The van der Waals surface area contributed by atoms with E-state index in [4.69, 9.17) is 11.6 Å². The standard InChI is InChI=1S/C17H22ClNS2/c1-3-14-9-10-15(21-14)11-13(19-4-2)12-20-17-8-6-5-7-16(17)18/h5-10,13,19H,3-4,11-12H2,1-2H3. The summed E-state index contributed by atoms with van der Waals surface area (Å²) in [5, 5.41) is 4.44. The lowest BCUT2D eigenvalue weighted by molar-refractivity contribution is 0.576. The van der Waals surface area contributed by atoms with Gasteiger partial charge in [-0.3, -0.25) is 0 Å². The van der Waals surface area contributed by atoms with Crippen LogP contribution in [0.15, 0.2) is 41.3 Å². The predicted octanol–water partition coefficient (Wildman–Crippen LogP) is 5.28. The fraction of sp³-hybridized carbons (Fsp3) is 0.412. The summed E-state index contributed by atoms with van der Waals surface area (Å²) in [5.74, 6) is 1.04. The van der Waals surface area contributed by atoms with E-state index in [1.165, 1.54) is 14.6 Å². The van der Waals surface area contributed by atoms with E-state index in [2.05, 4.69) is 37.4 Å². The highest BCUT2D eigenvalue weighted by atomic mass is 35.5. The molecule has 1 heterocycles. The molecule has 0 fully saturated rings. The lowest BCUT2D eigenvalue weighted by Crippen LogP contribution is -2.32. The summed E-state index contributed by atoms with van der Waals surface area (Å²) in [4.78, 5) is 4.11. The quantitative estimate of drug-likeness (QED) is 0.657. The molecule has 0 amide bonds. The first kappa shape index (κ1) is 16.9. The molecule has 0 spiro atoms. The molecule has 1 unspecified atom stereocenters. The van der Waals surface area contributed by atoms with Gasteiger partial charge in [0, 0.05) is 26.4 Å². The van der Waals surface area contributed by atoms with Crippen LogP contribution in [0.3, 0.4) is 0 Å². The number of rotatable bonds is 8. The summed E-state index contributed by atoms with van der Waals surface area (Å²) in [6.45, 7) is 5.38. The molecule has 21 heavy (non-hydrogen) atoms. The van der Waals surface area contributed by atoms with Gasteiger partial charge in [0.05, 0.1) is 5.02 Å². The summed E-state index contributed by atoms with van der Waals surface area (Å²) in [6, 6.07) is 13.1. The molecule has 0 saturated carbocycles. The van der Waals surface area contributed by atoms with E-state index in [1.807, 2.05) is 41.3 Å². The van der Waals surface area contributed by atoms with E-state index in [-0.39, 0.29) is 0 Å². The Hall–Kier alpha value is -0.480. The first-order valence-electron chi connectivity index (χ1n) is 7.41. The Morgan fingerprint density at radius 2 is 1.90 bits per heavy atom. The molecule has 2 rings (SSSR count). The van der Waals surface area contributed by atoms with Crippen LogP contribution in [-0.2, 0) is 12.8 Å². The fourth-order valence-corrected chi connectivity index (χ4v) is 4.53. The molecule has 1 nitrogen and oxygen atoms in total. The molecule has 0 saturated heterocycles. The molecule has 4 heteroatoms. The van der Waals surface area contributed by atoms with Gasteiger partial charge in [-0.25, -0.2) is 0 Å². The van der Waals surface area contributed by atoms with Crippen LogP contribution in [0.5, 0.6) is 0 Å². The Balaban J connectivity index is 1.94. The average molecular weight is 340 g/mol. The number of likely N-dealkylation sites (N-methyl/N-ethyl adjacent to an activating group) is 1. The van der Waals surface area contributed by atoms with Gasteiger partial charge in [0.1, 0.15) is 0 Å². The molecule has 114 valence electrons. The highest BCUT2D eigenvalue weighted by molar-refractivity contribution is 7.99. The van der Waals surface area contributed by atoms with Crippen LogP contribution >= 0.6 is 34.7 Å². The Morgan fingerprint density at radius 3 is 2.57 bits per heavy atom. The third-order valence-corrected chi connectivity index (χ3v) is 6.21. The van der Waals surface area contributed by atoms with Crippen LogP contribution < -0.4 is 5.32 Å². The zero-order valence-corrected chi connectivity index (χ0v) is 15.0.